The second kappa shape index (κ2) is 10.0. The van der Waals surface area contributed by atoms with E-state index in [1.165, 1.54) is 12.1 Å². The van der Waals surface area contributed by atoms with Crippen molar-refractivity contribution < 1.29 is 28.5 Å². The predicted octanol–water partition coefficient (Wildman–Crippen LogP) is 5.07. The number of hydrogen-bond donors (Lipinski definition) is 0. The topological polar surface area (TPSA) is 71.1 Å². The van der Waals surface area contributed by atoms with Crippen molar-refractivity contribution in [2.45, 2.75) is 13.8 Å². The minimum atomic E-state index is -0.990. The quantitative estimate of drug-likeness (QED) is 0.359. The van der Waals surface area contributed by atoms with Crippen LogP contribution in [0.2, 0.25) is 10.0 Å². The third-order valence-corrected chi connectivity index (χ3v) is 3.82. The Balaban J connectivity index is 1.87. The normalized spacial score (nSPS) is 10.2. The number of aryl methyl sites for hydroxylation is 1. The first kappa shape index (κ1) is 20.9. The first-order valence-electron chi connectivity index (χ1n) is 8.11. The standard InChI is InChI=1S/C19H18Cl2O6/c1-3-24-18(22)13-10-15(20)17(16(21)11-13)27-19(23)26-8-7-25-14-6-4-5-12(2)9-14/h4-6,9-11H,3,7-8H2,1-2H3. The van der Waals surface area contributed by atoms with Crippen molar-refractivity contribution in [3.63, 3.8) is 0 Å². The van der Waals surface area contributed by atoms with Gasteiger partial charge in [0.25, 0.3) is 0 Å². The van der Waals surface area contributed by atoms with Gasteiger partial charge in [0.15, 0.2) is 5.75 Å². The highest BCUT2D eigenvalue weighted by atomic mass is 35.5. The Kier molecular flexibility index (Phi) is 7.76. The van der Waals surface area contributed by atoms with Gasteiger partial charge in [0.1, 0.15) is 19.0 Å². The lowest BCUT2D eigenvalue weighted by molar-refractivity contribution is 0.0526. The SMILES string of the molecule is CCOC(=O)c1cc(Cl)c(OC(=O)OCCOc2cccc(C)c2)c(Cl)c1. The summed E-state index contributed by atoms with van der Waals surface area (Å²) in [7, 11) is 0. The van der Waals surface area contributed by atoms with Crippen molar-refractivity contribution >= 4 is 35.3 Å². The van der Waals surface area contributed by atoms with E-state index in [2.05, 4.69) is 0 Å². The summed E-state index contributed by atoms with van der Waals surface area (Å²) in [6, 6.07) is 10.1. The summed E-state index contributed by atoms with van der Waals surface area (Å²) in [5.41, 5.74) is 1.21. The molecule has 0 aliphatic carbocycles. The van der Waals surface area contributed by atoms with Crippen LogP contribution in [-0.4, -0.2) is 31.9 Å². The van der Waals surface area contributed by atoms with Gasteiger partial charge in [0.2, 0.25) is 0 Å². The Bertz CT molecular complexity index is 799. The fraction of sp³-hybridized carbons (Fsp3) is 0.263. The molecular weight excluding hydrogens is 395 g/mol. The van der Waals surface area contributed by atoms with Crippen LogP contribution in [0.1, 0.15) is 22.8 Å². The van der Waals surface area contributed by atoms with Gasteiger partial charge in [-0.25, -0.2) is 9.59 Å². The van der Waals surface area contributed by atoms with Crippen LogP contribution >= 0.6 is 23.2 Å². The molecule has 27 heavy (non-hydrogen) atoms. The third-order valence-electron chi connectivity index (χ3n) is 3.26. The van der Waals surface area contributed by atoms with Crippen LogP contribution in [0.25, 0.3) is 0 Å². The molecule has 6 nitrogen and oxygen atoms in total. The first-order chi connectivity index (χ1) is 12.9. The van der Waals surface area contributed by atoms with Crippen LogP contribution in [0, 0.1) is 6.92 Å². The zero-order valence-corrected chi connectivity index (χ0v) is 16.3. The van der Waals surface area contributed by atoms with Crippen LogP contribution in [0.5, 0.6) is 11.5 Å². The largest absolute Gasteiger partial charge is 0.514 e. The van der Waals surface area contributed by atoms with Crippen molar-refractivity contribution in [2.75, 3.05) is 19.8 Å². The number of benzene rings is 2. The lowest BCUT2D eigenvalue weighted by Crippen LogP contribution is -2.16. The summed E-state index contributed by atoms with van der Waals surface area (Å²) >= 11 is 12.1. The second-order valence-corrected chi connectivity index (χ2v) is 6.17. The molecule has 0 aliphatic heterocycles. The highest BCUT2D eigenvalue weighted by molar-refractivity contribution is 6.37. The summed E-state index contributed by atoms with van der Waals surface area (Å²) in [5, 5.41) is -0.0305. The summed E-state index contributed by atoms with van der Waals surface area (Å²) in [5.74, 6) is -0.00711. The molecule has 0 aliphatic rings. The van der Waals surface area contributed by atoms with Gasteiger partial charge < -0.3 is 18.9 Å². The lowest BCUT2D eigenvalue weighted by atomic mass is 10.2. The van der Waals surface area contributed by atoms with Crippen molar-refractivity contribution in [2.24, 2.45) is 0 Å². The van der Waals surface area contributed by atoms with Gasteiger partial charge >= 0.3 is 12.1 Å². The van der Waals surface area contributed by atoms with Gasteiger partial charge in [-0.2, -0.15) is 0 Å². The van der Waals surface area contributed by atoms with Crippen molar-refractivity contribution in [3.8, 4) is 11.5 Å². The Morgan fingerprint density at radius 2 is 1.70 bits per heavy atom. The maximum Gasteiger partial charge on any atom is 0.514 e. The molecule has 2 aromatic rings. The highest BCUT2D eigenvalue weighted by Crippen LogP contribution is 2.34. The number of hydrogen-bond acceptors (Lipinski definition) is 6. The number of esters is 1. The van der Waals surface area contributed by atoms with Gasteiger partial charge in [-0.1, -0.05) is 35.3 Å². The first-order valence-corrected chi connectivity index (χ1v) is 8.86. The molecular formula is C19H18Cl2O6. The molecule has 0 unspecified atom stereocenters. The predicted molar refractivity (Wildman–Crippen MR) is 101 cm³/mol. The summed E-state index contributed by atoms with van der Waals surface area (Å²) in [6.45, 7) is 3.96. The maximum atomic E-state index is 11.8. The Morgan fingerprint density at radius 3 is 2.33 bits per heavy atom. The van der Waals surface area contributed by atoms with Gasteiger partial charge in [0.05, 0.1) is 22.2 Å². The monoisotopic (exact) mass is 412 g/mol. The molecule has 0 saturated carbocycles. The minimum absolute atomic E-state index is 0.0153. The summed E-state index contributed by atoms with van der Waals surface area (Å²) in [4.78, 5) is 23.5. The molecule has 0 aromatic heterocycles. The smallest absolute Gasteiger partial charge is 0.490 e. The Morgan fingerprint density at radius 1 is 1.00 bits per heavy atom. The third kappa shape index (κ3) is 6.34. The minimum Gasteiger partial charge on any atom is -0.490 e. The van der Waals surface area contributed by atoms with Crippen LogP contribution in [-0.2, 0) is 9.47 Å². The van der Waals surface area contributed by atoms with E-state index >= 15 is 0 Å². The zero-order chi connectivity index (χ0) is 19.8. The van der Waals surface area contributed by atoms with Gasteiger partial charge in [-0.3, -0.25) is 0 Å². The van der Waals surface area contributed by atoms with Gasteiger partial charge in [0, 0.05) is 0 Å². The van der Waals surface area contributed by atoms with E-state index in [1.807, 2.05) is 25.1 Å². The number of halogens is 2. The average molecular weight is 413 g/mol. The molecule has 2 aromatic carbocycles. The molecule has 0 radical (unpaired) electrons. The Labute approximate surface area is 166 Å². The number of rotatable bonds is 7. The van der Waals surface area contributed by atoms with E-state index in [9.17, 15) is 9.59 Å². The van der Waals surface area contributed by atoms with E-state index in [0.717, 1.165) is 5.56 Å². The van der Waals surface area contributed by atoms with Crippen molar-refractivity contribution in [1.82, 2.24) is 0 Å². The molecule has 0 atom stereocenters. The highest BCUT2D eigenvalue weighted by Gasteiger charge is 2.18. The molecule has 0 bridgehead atoms. The zero-order valence-electron chi connectivity index (χ0n) is 14.8. The van der Waals surface area contributed by atoms with Crippen LogP contribution < -0.4 is 9.47 Å². The number of ether oxygens (including phenoxy) is 4. The van der Waals surface area contributed by atoms with E-state index < -0.39 is 12.1 Å². The summed E-state index contributed by atoms with van der Waals surface area (Å²) in [6.07, 6.45) is -0.990. The average Bonchev–Trinajstić information content (AvgIpc) is 2.62. The van der Waals surface area contributed by atoms with E-state index in [0.29, 0.717) is 5.75 Å². The van der Waals surface area contributed by atoms with Crippen molar-refractivity contribution in [3.05, 3.63) is 57.6 Å². The van der Waals surface area contributed by atoms with E-state index in [4.69, 9.17) is 42.1 Å². The fourth-order valence-corrected chi connectivity index (χ4v) is 2.66. The molecule has 2 rings (SSSR count). The maximum absolute atomic E-state index is 11.8. The molecule has 144 valence electrons. The van der Waals surface area contributed by atoms with E-state index in [1.54, 1.807) is 13.0 Å². The van der Waals surface area contributed by atoms with Crippen molar-refractivity contribution in [1.29, 1.82) is 0 Å². The molecule has 8 heteroatoms. The molecule has 0 heterocycles. The van der Waals surface area contributed by atoms with Gasteiger partial charge in [-0.15, -0.1) is 0 Å². The molecule has 0 N–H and O–H groups in total. The van der Waals surface area contributed by atoms with Gasteiger partial charge in [-0.05, 0) is 43.7 Å². The number of carbonyl (C=O) groups is 2. The fourth-order valence-electron chi connectivity index (χ4n) is 2.09. The Hall–Kier alpha value is -2.44. The summed E-state index contributed by atoms with van der Waals surface area (Å²) < 4.78 is 20.3. The molecule has 0 spiro atoms. The second-order valence-electron chi connectivity index (χ2n) is 5.35. The van der Waals surface area contributed by atoms with Crippen LogP contribution in [0.3, 0.4) is 0 Å². The molecule has 0 amide bonds. The number of carbonyl (C=O) groups excluding carboxylic acids is 2. The van der Waals surface area contributed by atoms with Crippen LogP contribution in [0.4, 0.5) is 4.79 Å². The van der Waals surface area contributed by atoms with Crippen LogP contribution in [0.15, 0.2) is 36.4 Å². The van der Waals surface area contributed by atoms with E-state index in [-0.39, 0.29) is 41.2 Å². The lowest BCUT2D eigenvalue weighted by Gasteiger charge is -2.11. The molecule has 0 saturated heterocycles. The molecule has 0 fully saturated rings.